The van der Waals surface area contributed by atoms with Gasteiger partial charge in [0.2, 0.25) is 10.0 Å². The summed E-state index contributed by atoms with van der Waals surface area (Å²) in [5.74, 6) is 0. The third-order valence-electron chi connectivity index (χ3n) is 2.83. The van der Waals surface area contributed by atoms with Gasteiger partial charge >= 0.3 is 0 Å². The van der Waals surface area contributed by atoms with Crippen LogP contribution in [0.3, 0.4) is 0 Å². The van der Waals surface area contributed by atoms with E-state index in [1.54, 1.807) is 35.6 Å². The zero-order valence-corrected chi connectivity index (χ0v) is 13.2. The number of aromatic nitrogens is 1. The Morgan fingerprint density at radius 2 is 2.00 bits per heavy atom. The number of para-hydroxylation sites is 1. The highest BCUT2D eigenvalue weighted by atomic mass is 32.2. The Balaban J connectivity index is 2.30. The molecule has 2 aromatic rings. The molecule has 108 valence electrons. The molecule has 7 heteroatoms. The molecule has 0 radical (unpaired) electrons. The van der Waals surface area contributed by atoms with E-state index in [2.05, 4.69) is 15.0 Å². The number of anilines is 1. The maximum atomic E-state index is 12.0. The number of sulfonamides is 1. The van der Waals surface area contributed by atoms with Crippen molar-refractivity contribution < 1.29 is 8.42 Å². The number of aryl methyl sites for hydroxylation is 1. The molecule has 1 unspecified atom stereocenters. The first kappa shape index (κ1) is 15.0. The second kappa shape index (κ2) is 5.90. The summed E-state index contributed by atoms with van der Waals surface area (Å²) in [5, 5.41) is 4.14. The Morgan fingerprint density at radius 1 is 1.30 bits per heavy atom. The van der Waals surface area contributed by atoms with Crippen LogP contribution in [-0.4, -0.2) is 20.4 Å². The van der Waals surface area contributed by atoms with Gasteiger partial charge in [0.15, 0.2) is 0 Å². The van der Waals surface area contributed by atoms with Gasteiger partial charge in [0.25, 0.3) is 0 Å². The number of nitrogens with zero attached hydrogens (tertiary/aromatic N) is 1. The van der Waals surface area contributed by atoms with Gasteiger partial charge in [-0.15, -0.1) is 11.3 Å². The highest BCUT2D eigenvalue weighted by molar-refractivity contribution is 7.89. The zero-order chi connectivity index (χ0) is 14.8. The van der Waals surface area contributed by atoms with Crippen LogP contribution in [0.25, 0.3) is 0 Å². The van der Waals surface area contributed by atoms with E-state index in [4.69, 9.17) is 0 Å². The Morgan fingerprint density at radius 3 is 2.60 bits per heavy atom. The van der Waals surface area contributed by atoms with Crippen molar-refractivity contribution in [3.05, 3.63) is 40.3 Å². The summed E-state index contributed by atoms with van der Waals surface area (Å²) < 4.78 is 26.3. The maximum absolute atomic E-state index is 12.0. The number of hydrogen-bond donors (Lipinski definition) is 2. The fourth-order valence-electron chi connectivity index (χ4n) is 1.80. The first-order chi connectivity index (χ1) is 9.44. The van der Waals surface area contributed by atoms with Crippen LogP contribution in [-0.2, 0) is 10.0 Å². The largest absolute Gasteiger partial charge is 0.375 e. The molecule has 0 bridgehead atoms. The molecule has 0 spiro atoms. The lowest BCUT2D eigenvalue weighted by atomic mass is 10.2. The molecule has 0 fully saturated rings. The van der Waals surface area contributed by atoms with E-state index in [-0.39, 0.29) is 10.9 Å². The molecular weight excluding hydrogens is 294 g/mol. The van der Waals surface area contributed by atoms with Crippen LogP contribution in [0.15, 0.2) is 35.4 Å². The SMILES string of the molecule is CNS(=O)(=O)c1ccccc1NC(C)c1ncc(C)s1. The topological polar surface area (TPSA) is 71.1 Å². The maximum Gasteiger partial charge on any atom is 0.242 e. The molecular formula is C13H17N3O2S2. The quantitative estimate of drug-likeness (QED) is 0.890. The summed E-state index contributed by atoms with van der Waals surface area (Å²) in [6, 6.07) is 6.78. The van der Waals surface area contributed by atoms with Crippen molar-refractivity contribution in [2.24, 2.45) is 0 Å². The Bertz CT molecular complexity index is 695. The van der Waals surface area contributed by atoms with E-state index in [0.29, 0.717) is 5.69 Å². The second-order valence-corrected chi connectivity index (χ2v) is 7.50. The Labute approximate surface area is 123 Å². The standard InChI is InChI=1S/C13H17N3O2S2/c1-9-8-15-13(19-9)10(2)16-11-6-4-5-7-12(11)20(17,18)14-3/h4-8,10,14,16H,1-3H3. The molecule has 0 amide bonds. The lowest BCUT2D eigenvalue weighted by molar-refractivity contribution is 0.588. The Hall–Kier alpha value is -1.44. The monoisotopic (exact) mass is 311 g/mol. The molecule has 1 atom stereocenters. The normalized spacial score (nSPS) is 13.2. The van der Waals surface area contributed by atoms with Gasteiger partial charge < -0.3 is 5.32 Å². The lowest BCUT2D eigenvalue weighted by Gasteiger charge is -2.16. The molecule has 1 heterocycles. The summed E-state index contributed by atoms with van der Waals surface area (Å²) in [6.07, 6.45) is 1.81. The third kappa shape index (κ3) is 3.17. The molecule has 0 saturated heterocycles. The highest BCUT2D eigenvalue weighted by Gasteiger charge is 2.18. The summed E-state index contributed by atoms with van der Waals surface area (Å²) in [6.45, 7) is 3.95. The van der Waals surface area contributed by atoms with Gasteiger partial charge in [-0.25, -0.2) is 18.1 Å². The van der Waals surface area contributed by atoms with E-state index in [1.165, 1.54) is 7.05 Å². The van der Waals surface area contributed by atoms with Gasteiger partial charge in [-0.2, -0.15) is 0 Å². The number of rotatable bonds is 5. The minimum Gasteiger partial charge on any atom is -0.375 e. The van der Waals surface area contributed by atoms with E-state index in [1.807, 2.05) is 20.0 Å². The van der Waals surface area contributed by atoms with E-state index in [0.717, 1.165) is 9.88 Å². The summed E-state index contributed by atoms with van der Waals surface area (Å²) >= 11 is 1.60. The lowest BCUT2D eigenvalue weighted by Crippen LogP contribution is -2.20. The van der Waals surface area contributed by atoms with Crippen LogP contribution in [0.2, 0.25) is 0 Å². The average molecular weight is 311 g/mol. The molecule has 0 aliphatic heterocycles. The van der Waals surface area contributed by atoms with E-state index >= 15 is 0 Å². The molecule has 1 aromatic heterocycles. The van der Waals surface area contributed by atoms with Crippen LogP contribution in [0, 0.1) is 6.92 Å². The summed E-state index contributed by atoms with van der Waals surface area (Å²) in [4.78, 5) is 5.68. The van der Waals surface area contributed by atoms with E-state index < -0.39 is 10.0 Å². The van der Waals surface area contributed by atoms with Crippen molar-refractivity contribution in [3.63, 3.8) is 0 Å². The Kier molecular flexibility index (Phi) is 4.42. The van der Waals surface area contributed by atoms with Crippen molar-refractivity contribution in [2.45, 2.75) is 24.8 Å². The number of benzene rings is 1. The molecule has 0 aliphatic rings. The smallest absolute Gasteiger partial charge is 0.242 e. The number of thiazole rings is 1. The molecule has 2 N–H and O–H groups in total. The number of hydrogen-bond acceptors (Lipinski definition) is 5. The van der Waals surface area contributed by atoms with Crippen LogP contribution in [0.1, 0.15) is 22.9 Å². The predicted octanol–water partition coefficient (Wildman–Crippen LogP) is 2.53. The van der Waals surface area contributed by atoms with Gasteiger partial charge in [0, 0.05) is 11.1 Å². The second-order valence-electron chi connectivity index (χ2n) is 4.38. The van der Waals surface area contributed by atoms with Crippen LogP contribution >= 0.6 is 11.3 Å². The fraction of sp³-hybridized carbons (Fsp3) is 0.308. The summed E-state index contributed by atoms with van der Waals surface area (Å²) in [5.41, 5.74) is 0.571. The van der Waals surface area contributed by atoms with Crippen LogP contribution in [0.4, 0.5) is 5.69 Å². The van der Waals surface area contributed by atoms with E-state index in [9.17, 15) is 8.42 Å². The summed E-state index contributed by atoms with van der Waals surface area (Å²) in [7, 11) is -2.08. The van der Waals surface area contributed by atoms with Crippen LogP contribution < -0.4 is 10.0 Å². The molecule has 5 nitrogen and oxygen atoms in total. The molecule has 0 aliphatic carbocycles. The predicted molar refractivity (Wildman–Crippen MR) is 81.6 cm³/mol. The zero-order valence-electron chi connectivity index (χ0n) is 11.5. The molecule has 2 rings (SSSR count). The van der Waals surface area contributed by atoms with Gasteiger partial charge in [-0.3, -0.25) is 0 Å². The first-order valence-electron chi connectivity index (χ1n) is 6.15. The fourth-order valence-corrected chi connectivity index (χ4v) is 3.47. The molecule has 0 saturated carbocycles. The highest BCUT2D eigenvalue weighted by Crippen LogP contribution is 2.27. The van der Waals surface area contributed by atoms with Gasteiger partial charge in [0.1, 0.15) is 9.90 Å². The molecule has 1 aromatic carbocycles. The minimum absolute atomic E-state index is 0.0538. The third-order valence-corrected chi connectivity index (χ3v) is 5.39. The first-order valence-corrected chi connectivity index (χ1v) is 8.45. The van der Waals surface area contributed by atoms with Crippen molar-refractivity contribution in [1.29, 1.82) is 0 Å². The van der Waals surface area contributed by atoms with Gasteiger partial charge in [-0.1, -0.05) is 12.1 Å². The molecule has 20 heavy (non-hydrogen) atoms. The van der Waals surface area contributed by atoms with Crippen molar-refractivity contribution >= 4 is 27.0 Å². The minimum atomic E-state index is -3.48. The van der Waals surface area contributed by atoms with Crippen molar-refractivity contribution in [2.75, 3.05) is 12.4 Å². The van der Waals surface area contributed by atoms with Gasteiger partial charge in [0.05, 0.1) is 11.7 Å². The van der Waals surface area contributed by atoms with Crippen molar-refractivity contribution in [1.82, 2.24) is 9.71 Å². The number of nitrogens with one attached hydrogen (secondary N) is 2. The van der Waals surface area contributed by atoms with Crippen molar-refractivity contribution in [3.8, 4) is 0 Å². The average Bonchev–Trinajstić information content (AvgIpc) is 2.86. The van der Waals surface area contributed by atoms with Gasteiger partial charge in [-0.05, 0) is 33.0 Å². The van der Waals surface area contributed by atoms with Crippen LogP contribution in [0.5, 0.6) is 0 Å².